The molecule has 0 aliphatic heterocycles. The molecule has 3 aromatic rings. The number of esters is 1. The Morgan fingerprint density at radius 3 is 2.58 bits per heavy atom. The van der Waals surface area contributed by atoms with Crippen molar-refractivity contribution in [1.82, 2.24) is 4.98 Å². The van der Waals surface area contributed by atoms with E-state index < -0.39 is 5.97 Å². The molecule has 5 heteroatoms. The van der Waals surface area contributed by atoms with Crippen LogP contribution < -0.4 is 0 Å². The largest absolute Gasteiger partial charge is 0.456 e. The lowest BCUT2D eigenvalue weighted by Crippen LogP contribution is -2.07. The van der Waals surface area contributed by atoms with Gasteiger partial charge in [0, 0.05) is 10.9 Å². The van der Waals surface area contributed by atoms with Crippen molar-refractivity contribution >= 4 is 17.3 Å². The second kappa shape index (κ2) is 7.07. The Labute approximate surface area is 144 Å². The van der Waals surface area contributed by atoms with E-state index in [9.17, 15) is 10.1 Å². The third-order valence-electron chi connectivity index (χ3n) is 3.50. The van der Waals surface area contributed by atoms with Gasteiger partial charge in [-0.25, -0.2) is 9.78 Å². The zero-order chi connectivity index (χ0) is 16.9. The third-order valence-corrected chi connectivity index (χ3v) is 4.32. The molecule has 3 rings (SSSR count). The molecule has 4 nitrogen and oxygen atoms in total. The minimum Gasteiger partial charge on any atom is -0.456 e. The highest BCUT2D eigenvalue weighted by Gasteiger charge is 2.16. The summed E-state index contributed by atoms with van der Waals surface area (Å²) in [5.74, 6) is -0.427. The second-order valence-electron chi connectivity index (χ2n) is 5.14. The van der Waals surface area contributed by atoms with Crippen LogP contribution in [-0.4, -0.2) is 11.0 Å². The third kappa shape index (κ3) is 3.34. The van der Waals surface area contributed by atoms with E-state index in [0.717, 1.165) is 16.3 Å². The predicted molar refractivity (Wildman–Crippen MR) is 92.6 cm³/mol. The number of ether oxygens (including phenoxy) is 1. The molecule has 118 valence electrons. The van der Waals surface area contributed by atoms with E-state index in [0.29, 0.717) is 16.7 Å². The molecular weight excluding hydrogens is 320 g/mol. The molecule has 0 N–H and O–H groups in total. The van der Waals surface area contributed by atoms with Crippen molar-refractivity contribution in [3.05, 3.63) is 75.7 Å². The summed E-state index contributed by atoms with van der Waals surface area (Å²) >= 11 is 1.52. The van der Waals surface area contributed by atoms with Crippen molar-refractivity contribution in [3.8, 4) is 17.2 Å². The van der Waals surface area contributed by atoms with Crippen LogP contribution in [0.15, 0.2) is 53.9 Å². The summed E-state index contributed by atoms with van der Waals surface area (Å²) in [5, 5.41) is 12.1. The molecule has 0 unspecified atom stereocenters. The number of thiazole rings is 1. The van der Waals surface area contributed by atoms with E-state index in [4.69, 9.17) is 4.74 Å². The van der Waals surface area contributed by atoms with E-state index in [1.165, 1.54) is 11.3 Å². The Morgan fingerprint density at radius 1 is 1.17 bits per heavy atom. The Bertz CT molecular complexity index is 925. The van der Waals surface area contributed by atoms with Crippen LogP contribution in [0.1, 0.15) is 26.6 Å². The minimum absolute atomic E-state index is 0.136. The van der Waals surface area contributed by atoms with Crippen molar-refractivity contribution in [2.45, 2.75) is 13.5 Å². The lowest BCUT2D eigenvalue weighted by Gasteiger charge is -2.10. The summed E-state index contributed by atoms with van der Waals surface area (Å²) in [6.07, 6.45) is 0. The van der Waals surface area contributed by atoms with Crippen molar-refractivity contribution < 1.29 is 9.53 Å². The van der Waals surface area contributed by atoms with Gasteiger partial charge in [-0.15, -0.1) is 11.3 Å². The molecule has 0 saturated heterocycles. The number of carbonyl (C=O) groups is 1. The van der Waals surface area contributed by atoms with Crippen LogP contribution in [0.3, 0.4) is 0 Å². The molecule has 0 saturated carbocycles. The number of aryl methyl sites for hydroxylation is 1. The van der Waals surface area contributed by atoms with Crippen LogP contribution in [0.5, 0.6) is 0 Å². The van der Waals surface area contributed by atoms with E-state index >= 15 is 0 Å². The molecular formula is C19H14N2O2S. The van der Waals surface area contributed by atoms with Crippen LogP contribution in [0.25, 0.3) is 11.1 Å². The van der Waals surface area contributed by atoms with Crippen LogP contribution in [0.4, 0.5) is 0 Å². The average Bonchev–Trinajstić information content (AvgIpc) is 3.05. The maximum absolute atomic E-state index is 12.5. The molecule has 1 aromatic heterocycles. The first kappa shape index (κ1) is 15.9. The van der Waals surface area contributed by atoms with Crippen LogP contribution in [-0.2, 0) is 11.3 Å². The molecule has 0 aliphatic carbocycles. The molecule has 0 aliphatic rings. The van der Waals surface area contributed by atoms with E-state index in [-0.39, 0.29) is 6.61 Å². The SMILES string of the molecule is Cc1nc(COC(=O)c2ccccc2-c2ccccc2C#N)cs1. The molecule has 24 heavy (non-hydrogen) atoms. The van der Waals surface area contributed by atoms with Gasteiger partial charge in [0.2, 0.25) is 0 Å². The monoisotopic (exact) mass is 334 g/mol. The molecule has 0 atom stereocenters. The Kier molecular flexibility index (Phi) is 4.69. The van der Waals surface area contributed by atoms with Gasteiger partial charge < -0.3 is 4.74 Å². The average molecular weight is 334 g/mol. The van der Waals surface area contributed by atoms with Crippen molar-refractivity contribution in [2.75, 3.05) is 0 Å². The summed E-state index contributed by atoms with van der Waals surface area (Å²) in [5.41, 5.74) is 3.10. The van der Waals surface area contributed by atoms with Gasteiger partial charge in [-0.3, -0.25) is 0 Å². The minimum atomic E-state index is -0.427. The number of nitriles is 1. The normalized spacial score (nSPS) is 10.2. The van der Waals surface area contributed by atoms with Gasteiger partial charge in [0.05, 0.1) is 27.9 Å². The predicted octanol–water partition coefficient (Wildman–Crippen LogP) is 4.35. The van der Waals surface area contributed by atoms with Gasteiger partial charge in [0.1, 0.15) is 6.61 Å². The Balaban J connectivity index is 1.89. The number of carbonyl (C=O) groups excluding carboxylic acids is 1. The van der Waals surface area contributed by atoms with Crippen molar-refractivity contribution in [1.29, 1.82) is 5.26 Å². The number of nitrogens with zero attached hydrogens (tertiary/aromatic N) is 2. The van der Waals surface area contributed by atoms with Crippen LogP contribution in [0, 0.1) is 18.3 Å². The van der Waals surface area contributed by atoms with Gasteiger partial charge in [0.15, 0.2) is 0 Å². The standard InChI is InChI=1S/C19H14N2O2S/c1-13-21-15(12-24-13)11-23-19(22)18-9-5-4-8-17(18)16-7-3-2-6-14(16)10-20/h2-9,12H,11H2,1H3. The van der Waals surface area contributed by atoms with E-state index in [1.54, 1.807) is 24.3 Å². The quantitative estimate of drug-likeness (QED) is 0.666. The first-order valence-corrected chi connectivity index (χ1v) is 8.23. The van der Waals surface area contributed by atoms with E-state index in [1.807, 2.05) is 36.6 Å². The number of aromatic nitrogens is 1. The first-order chi connectivity index (χ1) is 11.7. The highest BCUT2D eigenvalue weighted by atomic mass is 32.1. The lowest BCUT2D eigenvalue weighted by molar-refractivity contribution is 0.0469. The first-order valence-electron chi connectivity index (χ1n) is 7.35. The van der Waals surface area contributed by atoms with Crippen molar-refractivity contribution in [3.63, 3.8) is 0 Å². The second-order valence-corrected chi connectivity index (χ2v) is 6.20. The number of benzene rings is 2. The molecule has 2 aromatic carbocycles. The Hall–Kier alpha value is -2.97. The fourth-order valence-electron chi connectivity index (χ4n) is 2.40. The molecule has 0 bridgehead atoms. The van der Waals surface area contributed by atoms with Gasteiger partial charge in [-0.1, -0.05) is 36.4 Å². The maximum atomic E-state index is 12.5. The summed E-state index contributed by atoms with van der Waals surface area (Å²) in [6, 6.07) is 16.5. The fourth-order valence-corrected chi connectivity index (χ4v) is 3.00. The molecule has 1 heterocycles. The molecule has 0 radical (unpaired) electrons. The maximum Gasteiger partial charge on any atom is 0.339 e. The summed E-state index contributed by atoms with van der Waals surface area (Å²) in [7, 11) is 0. The van der Waals surface area contributed by atoms with Crippen molar-refractivity contribution in [2.24, 2.45) is 0 Å². The molecule has 0 spiro atoms. The van der Waals surface area contributed by atoms with Gasteiger partial charge in [0.25, 0.3) is 0 Å². The van der Waals surface area contributed by atoms with E-state index in [2.05, 4.69) is 11.1 Å². The highest BCUT2D eigenvalue weighted by molar-refractivity contribution is 7.09. The highest BCUT2D eigenvalue weighted by Crippen LogP contribution is 2.27. The van der Waals surface area contributed by atoms with Gasteiger partial charge >= 0.3 is 5.97 Å². The zero-order valence-corrected chi connectivity index (χ0v) is 13.8. The fraction of sp³-hybridized carbons (Fsp3) is 0.105. The lowest BCUT2D eigenvalue weighted by atomic mass is 9.96. The zero-order valence-electron chi connectivity index (χ0n) is 13.0. The summed E-state index contributed by atoms with van der Waals surface area (Å²) < 4.78 is 5.39. The van der Waals surface area contributed by atoms with Gasteiger partial charge in [-0.2, -0.15) is 5.26 Å². The molecule has 0 fully saturated rings. The topological polar surface area (TPSA) is 63.0 Å². The van der Waals surface area contributed by atoms with Gasteiger partial charge in [-0.05, 0) is 24.6 Å². The number of rotatable bonds is 4. The summed E-state index contributed by atoms with van der Waals surface area (Å²) in [6.45, 7) is 2.04. The number of hydrogen-bond acceptors (Lipinski definition) is 5. The van der Waals surface area contributed by atoms with Crippen LogP contribution >= 0.6 is 11.3 Å². The summed E-state index contributed by atoms with van der Waals surface area (Å²) in [4.78, 5) is 16.8. The number of hydrogen-bond donors (Lipinski definition) is 0. The van der Waals surface area contributed by atoms with Crippen LogP contribution in [0.2, 0.25) is 0 Å². The molecule has 0 amide bonds. The Morgan fingerprint density at radius 2 is 1.88 bits per heavy atom. The smallest absolute Gasteiger partial charge is 0.339 e.